The Labute approximate surface area is 115 Å². The number of fused-ring (bicyclic) bond motifs is 2. The predicted molar refractivity (Wildman–Crippen MR) is 76.7 cm³/mol. The second-order valence-electron chi connectivity index (χ2n) is 6.31. The smallest absolute Gasteiger partial charge is 0.109 e. The highest BCUT2D eigenvalue weighted by atomic mass is 16.5. The Morgan fingerprint density at radius 1 is 1.16 bits per heavy atom. The molecule has 0 aromatic rings. The van der Waals surface area contributed by atoms with Gasteiger partial charge >= 0.3 is 0 Å². The lowest BCUT2D eigenvalue weighted by Crippen LogP contribution is -2.41. The minimum atomic E-state index is 0.420. The van der Waals surface area contributed by atoms with Gasteiger partial charge in [0.1, 0.15) is 11.9 Å². The highest BCUT2D eigenvalue weighted by Gasteiger charge is 2.41. The summed E-state index contributed by atoms with van der Waals surface area (Å²) in [5.74, 6) is 2.44. The van der Waals surface area contributed by atoms with Gasteiger partial charge in [0.2, 0.25) is 0 Å². The fourth-order valence-electron chi connectivity index (χ4n) is 4.15. The zero-order valence-electron chi connectivity index (χ0n) is 11.5. The molecule has 2 aliphatic carbocycles. The summed E-state index contributed by atoms with van der Waals surface area (Å²) in [6.45, 7) is 1.18. The molecule has 0 aromatic heterocycles. The van der Waals surface area contributed by atoms with Crippen molar-refractivity contribution < 1.29 is 4.74 Å². The first-order valence-electron chi connectivity index (χ1n) is 7.91. The van der Waals surface area contributed by atoms with Gasteiger partial charge < -0.3 is 10.1 Å². The van der Waals surface area contributed by atoms with Gasteiger partial charge in [-0.15, -0.1) is 0 Å². The molecule has 0 radical (unpaired) electrons. The van der Waals surface area contributed by atoms with Crippen LogP contribution in [0.2, 0.25) is 0 Å². The van der Waals surface area contributed by atoms with Gasteiger partial charge in [0.15, 0.2) is 0 Å². The van der Waals surface area contributed by atoms with Crippen LogP contribution in [0.5, 0.6) is 0 Å². The van der Waals surface area contributed by atoms with E-state index in [1.807, 2.05) is 0 Å². The van der Waals surface area contributed by atoms with Crippen LogP contribution in [0.4, 0.5) is 0 Å². The molecule has 0 spiro atoms. The number of ether oxygens (including phenoxy) is 1. The van der Waals surface area contributed by atoms with Gasteiger partial charge in [0.05, 0.1) is 0 Å². The molecule has 2 nitrogen and oxygen atoms in total. The molecule has 4 rings (SSSR count). The fraction of sp³-hybridized carbons (Fsp3) is 0.647. The zero-order valence-corrected chi connectivity index (χ0v) is 11.5. The largest absolute Gasteiger partial charge is 0.493 e. The van der Waals surface area contributed by atoms with Crippen molar-refractivity contribution in [2.75, 3.05) is 6.54 Å². The van der Waals surface area contributed by atoms with E-state index in [4.69, 9.17) is 4.74 Å². The summed E-state index contributed by atoms with van der Waals surface area (Å²) >= 11 is 0. The van der Waals surface area contributed by atoms with Crippen LogP contribution in [0.25, 0.3) is 0 Å². The number of hydrogen-bond donors (Lipinski definition) is 1. The van der Waals surface area contributed by atoms with Crippen molar-refractivity contribution >= 4 is 0 Å². The van der Waals surface area contributed by atoms with Crippen molar-refractivity contribution in [1.29, 1.82) is 0 Å². The molecule has 2 heteroatoms. The molecule has 0 bridgehead atoms. The quantitative estimate of drug-likeness (QED) is 0.728. The van der Waals surface area contributed by atoms with Crippen molar-refractivity contribution in [1.82, 2.24) is 5.32 Å². The second kappa shape index (κ2) is 4.82. The summed E-state index contributed by atoms with van der Waals surface area (Å²) in [4.78, 5) is 0. The Balaban J connectivity index is 1.61. The summed E-state index contributed by atoms with van der Waals surface area (Å²) in [6, 6.07) is 0.632. The molecule has 0 saturated carbocycles. The third-order valence-electron chi connectivity index (χ3n) is 5.14. The van der Waals surface area contributed by atoms with Crippen molar-refractivity contribution in [2.45, 2.75) is 50.7 Å². The molecule has 4 atom stereocenters. The summed E-state index contributed by atoms with van der Waals surface area (Å²) in [7, 11) is 0. The van der Waals surface area contributed by atoms with E-state index in [1.54, 1.807) is 0 Å². The fourth-order valence-corrected chi connectivity index (χ4v) is 4.15. The van der Waals surface area contributed by atoms with Crippen molar-refractivity contribution in [3.8, 4) is 0 Å². The van der Waals surface area contributed by atoms with E-state index in [9.17, 15) is 0 Å². The molecular weight excluding hydrogens is 234 g/mol. The van der Waals surface area contributed by atoms with E-state index in [0.717, 1.165) is 6.42 Å². The monoisotopic (exact) mass is 257 g/mol. The Morgan fingerprint density at radius 3 is 3.05 bits per heavy atom. The van der Waals surface area contributed by atoms with Crippen LogP contribution in [0, 0.1) is 11.8 Å². The van der Waals surface area contributed by atoms with Crippen LogP contribution in [-0.2, 0) is 4.74 Å². The molecule has 19 heavy (non-hydrogen) atoms. The van der Waals surface area contributed by atoms with Gasteiger partial charge in [-0.1, -0.05) is 30.7 Å². The molecule has 1 fully saturated rings. The van der Waals surface area contributed by atoms with Gasteiger partial charge in [0, 0.05) is 23.5 Å². The topological polar surface area (TPSA) is 21.3 Å². The van der Waals surface area contributed by atoms with E-state index in [1.165, 1.54) is 50.0 Å². The van der Waals surface area contributed by atoms with Gasteiger partial charge in [-0.3, -0.25) is 0 Å². The van der Waals surface area contributed by atoms with Crippen LogP contribution < -0.4 is 5.32 Å². The number of hydrogen-bond acceptors (Lipinski definition) is 2. The lowest BCUT2D eigenvalue weighted by molar-refractivity contribution is 0.0848. The Kier molecular flexibility index (Phi) is 2.99. The van der Waals surface area contributed by atoms with Gasteiger partial charge in [0.25, 0.3) is 0 Å². The zero-order chi connectivity index (χ0) is 12.7. The summed E-state index contributed by atoms with van der Waals surface area (Å²) in [6.07, 6.45) is 17.3. The first-order valence-corrected chi connectivity index (χ1v) is 7.91. The van der Waals surface area contributed by atoms with Crippen molar-refractivity contribution in [3.05, 3.63) is 35.6 Å². The van der Waals surface area contributed by atoms with E-state index >= 15 is 0 Å². The molecule has 2 aliphatic heterocycles. The van der Waals surface area contributed by atoms with E-state index < -0.39 is 0 Å². The number of rotatable bonds is 1. The van der Waals surface area contributed by atoms with E-state index in [0.29, 0.717) is 24.0 Å². The van der Waals surface area contributed by atoms with Crippen molar-refractivity contribution in [2.24, 2.45) is 11.8 Å². The summed E-state index contributed by atoms with van der Waals surface area (Å²) in [5.41, 5.74) is 1.48. The maximum Gasteiger partial charge on any atom is 0.109 e. The van der Waals surface area contributed by atoms with E-state index in [-0.39, 0.29) is 0 Å². The van der Waals surface area contributed by atoms with Crippen LogP contribution in [-0.4, -0.2) is 18.7 Å². The molecule has 1 N–H and O–H groups in total. The third kappa shape index (κ3) is 1.97. The third-order valence-corrected chi connectivity index (χ3v) is 5.14. The molecule has 4 aliphatic rings. The summed E-state index contributed by atoms with van der Waals surface area (Å²) < 4.78 is 6.37. The van der Waals surface area contributed by atoms with Crippen LogP contribution >= 0.6 is 0 Å². The first kappa shape index (κ1) is 11.8. The SMILES string of the molecule is C1=CC2C3=C(OC2CC1)C(C1CCCCN1)CC=C3. The number of nitrogens with one attached hydrogen (secondary N) is 1. The molecule has 4 unspecified atom stereocenters. The number of piperidine rings is 1. The lowest BCUT2D eigenvalue weighted by Gasteiger charge is -2.33. The molecule has 1 saturated heterocycles. The predicted octanol–water partition coefficient (Wildman–Crippen LogP) is 3.32. The van der Waals surface area contributed by atoms with Gasteiger partial charge in [-0.05, 0) is 38.6 Å². The lowest BCUT2D eigenvalue weighted by atomic mass is 9.80. The maximum atomic E-state index is 6.37. The molecule has 102 valence electrons. The Bertz CT molecular complexity index is 442. The molecule has 2 heterocycles. The summed E-state index contributed by atoms with van der Waals surface area (Å²) in [5, 5.41) is 3.72. The molecule has 0 aromatic carbocycles. The van der Waals surface area contributed by atoms with Crippen LogP contribution in [0.1, 0.15) is 38.5 Å². The maximum absolute atomic E-state index is 6.37. The van der Waals surface area contributed by atoms with Crippen molar-refractivity contribution in [3.63, 3.8) is 0 Å². The average Bonchev–Trinajstić information content (AvgIpc) is 2.87. The normalized spacial score (nSPS) is 40.8. The van der Waals surface area contributed by atoms with E-state index in [2.05, 4.69) is 29.6 Å². The van der Waals surface area contributed by atoms with Crippen LogP contribution in [0.15, 0.2) is 35.6 Å². The average molecular weight is 257 g/mol. The Hall–Kier alpha value is -1.02. The van der Waals surface area contributed by atoms with Gasteiger partial charge in [-0.25, -0.2) is 0 Å². The highest BCUT2D eigenvalue weighted by Crippen LogP contribution is 2.45. The van der Waals surface area contributed by atoms with Crippen LogP contribution in [0.3, 0.4) is 0 Å². The first-order chi connectivity index (χ1) is 9.43. The van der Waals surface area contributed by atoms with Gasteiger partial charge in [-0.2, -0.15) is 0 Å². The molecular formula is C17H23NO. The number of allylic oxidation sites excluding steroid dienone is 3. The standard InChI is InChI=1S/C17H23NO/c1-2-10-16-12(6-1)13-7-5-8-14(17(13)19-16)15-9-3-4-11-18-15/h1,5-7,12,14-16,18H,2-4,8-11H2. The minimum absolute atomic E-state index is 0.420. The highest BCUT2D eigenvalue weighted by molar-refractivity contribution is 5.39. The Morgan fingerprint density at radius 2 is 2.16 bits per heavy atom. The second-order valence-corrected chi connectivity index (χ2v) is 6.31. The molecule has 0 amide bonds. The minimum Gasteiger partial charge on any atom is -0.493 e.